The van der Waals surface area contributed by atoms with Crippen LogP contribution in [-0.2, 0) is 11.6 Å². The van der Waals surface area contributed by atoms with Crippen LogP contribution in [0.3, 0.4) is 0 Å². The second-order valence-electron chi connectivity index (χ2n) is 7.03. The molecule has 1 fully saturated rings. The van der Waals surface area contributed by atoms with Gasteiger partial charge in [0.2, 0.25) is 0 Å². The number of aliphatic hydroxyl groups excluding tert-OH is 1. The van der Waals surface area contributed by atoms with Crippen LogP contribution >= 0.6 is 15.9 Å². The van der Waals surface area contributed by atoms with Gasteiger partial charge in [-0.25, -0.2) is 4.98 Å². The summed E-state index contributed by atoms with van der Waals surface area (Å²) in [6.07, 6.45) is 0.217. The van der Waals surface area contributed by atoms with E-state index in [1.807, 2.05) is 12.1 Å². The molecule has 1 aliphatic rings. The molecule has 0 radical (unpaired) electrons. The molecule has 2 atom stereocenters. The summed E-state index contributed by atoms with van der Waals surface area (Å²) in [6.45, 7) is 0.349. The maximum absolute atomic E-state index is 13.3. The number of rotatable bonds is 4. The minimum atomic E-state index is -4.57. The maximum Gasteiger partial charge on any atom is 0.433 e. The van der Waals surface area contributed by atoms with Gasteiger partial charge in [-0.2, -0.15) is 22.8 Å². The Bertz CT molecular complexity index is 994. The third-order valence-electron chi connectivity index (χ3n) is 5.17. The van der Waals surface area contributed by atoms with Crippen LogP contribution in [0, 0.1) is 0 Å². The topological polar surface area (TPSA) is 75.3 Å². The van der Waals surface area contributed by atoms with Gasteiger partial charge >= 0.3 is 6.18 Å². The van der Waals surface area contributed by atoms with Gasteiger partial charge in [0.25, 0.3) is 0 Å². The lowest BCUT2D eigenvalue weighted by atomic mass is 9.79. The molecule has 10 heteroatoms. The minimum absolute atomic E-state index is 0.0913. The van der Waals surface area contributed by atoms with Crippen molar-refractivity contribution < 1.29 is 18.3 Å². The van der Waals surface area contributed by atoms with Crippen LogP contribution in [0.25, 0.3) is 5.65 Å². The lowest BCUT2D eigenvalue weighted by Crippen LogP contribution is -2.33. The predicted octanol–water partition coefficient (Wildman–Crippen LogP) is 3.80. The fourth-order valence-electron chi connectivity index (χ4n) is 3.81. The molecule has 2 N–H and O–H groups in total. The Morgan fingerprint density at radius 3 is 2.68 bits per heavy atom. The van der Waals surface area contributed by atoms with Crippen molar-refractivity contribution in [2.24, 2.45) is 0 Å². The molecule has 0 saturated heterocycles. The first kappa shape index (κ1) is 19.1. The Balaban J connectivity index is 1.71. The highest BCUT2D eigenvalue weighted by molar-refractivity contribution is 9.10. The molecule has 4 rings (SSSR count). The zero-order chi connectivity index (χ0) is 19.9. The molecule has 0 unspecified atom stereocenters. The van der Waals surface area contributed by atoms with Crippen molar-refractivity contribution in [2.45, 2.75) is 37.0 Å². The monoisotopic (exact) mass is 455 g/mol. The van der Waals surface area contributed by atoms with Crippen LogP contribution in [0.2, 0.25) is 0 Å². The number of aliphatic hydroxyl groups is 1. The second-order valence-corrected chi connectivity index (χ2v) is 7.84. The average molecular weight is 456 g/mol. The van der Waals surface area contributed by atoms with Gasteiger partial charge in [-0.3, -0.25) is 4.98 Å². The van der Waals surface area contributed by atoms with Crippen LogP contribution in [0.4, 0.5) is 19.0 Å². The Hall–Kier alpha value is -2.20. The van der Waals surface area contributed by atoms with Gasteiger partial charge in [0.1, 0.15) is 10.4 Å². The van der Waals surface area contributed by atoms with Gasteiger partial charge in [-0.05, 0) is 52.9 Å². The van der Waals surface area contributed by atoms with E-state index in [0.717, 1.165) is 11.6 Å². The molecule has 0 aromatic carbocycles. The van der Waals surface area contributed by atoms with E-state index >= 15 is 0 Å². The Labute approximate surface area is 166 Å². The zero-order valence-electron chi connectivity index (χ0n) is 14.6. The minimum Gasteiger partial charge on any atom is -0.393 e. The molecule has 3 aromatic rings. The van der Waals surface area contributed by atoms with Gasteiger partial charge < -0.3 is 10.4 Å². The second kappa shape index (κ2) is 7.00. The van der Waals surface area contributed by atoms with E-state index in [1.165, 1.54) is 10.6 Å². The molecular weight excluding hydrogens is 439 g/mol. The van der Waals surface area contributed by atoms with Gasteiger partial charge in [0.15, 0.2) is 11.3 Å². The summed E-state index contributed by atoms with van der Waals surface area (Å²) < 4.78 is 41.5. The third kappa shape index (κ3) is 3.58. The molecule has 0 aliphatic heterocycles. The summed E-state index contributed by atoms with van der Waals surface area (Å²) in [6, 6.07) is 6.15. The van der Waals surface area contributed by atoms with Crippen LogP contribution in [-0.4, -0.2) is 37.3 Å². The fourth-order valence-corrected chi connectivity index (χ4v) is 4.17. The molecule has 0 bridgehead atoms. The van der Waals surface area contributed by atoms with Crippen molar-refractivity contribution in [2.75, 3.05) is 11.9 Å². The zero-order valence-corrected chi connectivity index (χ0v) is 16.2. The van der Waals surface area contributed by atoms with Crippen LogP contribution in [0.15, 0.2) is 41.3 Å². The summed E-state index contributed by atoms with van der Waals surface area (Å²) in [7, 11) is 0. The van der Waals surface area contributed by atoms with Crippen molar-refractivity contribution in [3.05, 3.63) is 52.5 Å². The van der Waals surface area contributed by atoms with Gasteiger partial charge in [-0.15, -0.1) is 0 Å². The first-order valence-electron chi connectivity index (χ1n) is 8.73. The number of fused-ring (bicyclic) bond motifs is 1. The molecule has 1 saturated carbocycles. The Kier molecular flexibility index (Phi) is 4.78. The van der Waals surface area contributed by atoms with E-state index in [2.05, 4.69) is 36.3 Å². The highest BCUT2D eigenvalue weighted by atomic mass is 79.9. The average Bonchev–Trinajstić information content (AvgIpc) is 3.22. The fraction of sp³-hybridized carbons (Fsp3) is 0.389. The number of nitrogens with zero attached hydrogens (tertiary/aromatic N) is 4. The molecule has 3 aromatic heterocycles. The van der Waals surface area contributed by atoms with E-state index in [9.17, 15) is 18.3 Å². The molecule has 0 amide bonds. The van der Waals surface area contributed by atoms with E-state index < -0.39 is 23.4 Å². The van der Waals surface area contributed by atoms with Gasteiger partial charge in [0.05, 0.1) is 6.10 Å². The van der Waals surface area contributed by atoms with Gasteiger partial charge in [0, 0.05) is 36.5 Å². The lowest BCUT2D eigenvalue weighted by molar-refractivity contribution is -0.141. The summed E-state index contributed by atoms with van der Waals surface area (Å²) in [5, 5.41) is 17.4. The maximum atomic E-state index is 13.3. The van der Waals surface area contributed by atoms with E-state index in [1.54, 1.807) is 12.4 Å². The standard InChI is InChI=1S/C18H17BrF3N5O/c19-14-8-16-25-13(18(20,21)22)7-15(27(16)26-14)24-10-17(4-1-12(28)9-17)11-2-5-23-6-3-11/h2-3,5-8,12,24,28H,1,4,9-10H2/t12-,17+/m1/s1. The largest absolute Gasteiger partial charge is 0.433 e. The van der Waals surface area contributed by atoms with Crippen molar-refractivity contribution in [1.82, 2.24) is 19.6 Å². The quantitative estimate of drug-likeness (QED) is 0.625. The summed E-state index contributed by atoms with van der Waals surface area (Å²) in [4.78, 5) is 7.68. The highest BCUT2D eigenvalue weighted by Gasteiger charge is 2.40. The smallest absolute Gasteiger partial charge is 0.393 e. The van der Waals surface area contributed by atoms with Crippen LogP contribution in [0.5, 0.6) is 0 Å². The number of anilines is 1. The van der Waals surface area contributed by atoms with E-state index in [4.69, 9.17) is 0 Å². The lowest BCUT2D eigenvalue weighted by Gasteiger charge is -2.30. The highest BCUT2D eigenvalue weighted by Crippen LogP contribution is 2.41. The molecular formula is C18H17BrF3N5O. The number of aromatic nitrogens is 4. The molecule has 1 aliphatic carbocycles. The predicted molar refractivity (Wildman–Crippen MR) is 100.0 cm³/mol. The number of nitrogens with one attached hydrogen (secondary N) is 1. The first-order valence-corrected chi connectivity index (χ1v) is 9.52. The molecule has 28 heavy (non-hydrogen) atoms. The van der Waals surface area contributed by atoms with Crippen molar-refractivity contribution in [3.8, 4) is 0 Å². The van der Waals surface area contributed by atoms with Crippen molar-refractivity contribution in [3.63, 3.8) is 0 Å². The summed E-state index contributed by atoms with van der Waals surface area (Å²) in [5.41, 5.74) is -0.303. The number of hydrogen-bond acceptors (Lipinski definition) is 5. The van der Waals surface area contributed by atoms with Crippen LogP contribution < -0.4 is 5.32 Å². The summed E-state index contributed by atoms with van der Waals surface area (Å²) >= 11 is 3.19. The van der Waals surface area contributed by atoms with Crippen molar-refractivity contribution >= 4 is 27.4 Å². The molecule has 6 nitrogen and oxygen atoms in total. The van der Waals surface area contributed by atoms with E-state index in [0.29, 0.717) is 30.4 Å². The summed E-state index contributed by atoms with van der Waals surface area (Å²) in [5.74, 6) is 0.192. The van der Waals surface area contributed by atoms with Gasteiger partial charge in [-0.1, -0.05) is 0 Å². The number of pyridine rings is 1. The SMILES string of the molecule is O[C@@H]1CC[C@](CNc2cc(C(F)(F)F)nc3cc(Br)nn23)(c2ccncc2)C1. The normalized spacial score (nSPS) is 22.7. The first-order chi connectivity index (χ1) is 13.3. The Morgan fingerprint density at radius 1 is 1.29 bits per heavy atom. The molecule has 3 heterocycles. The van der Waals surface area contributed by atoms with E-state index in [-0.39, 0.29) is 11.5 Å². The third-order valence-corrected chi connectivity index (χ3v) is 5.56. The molecule has 0 spiro atoms. The van der Waals surface area contributed by atoms with Crippen molar-refractivity contribution in [1.29, 1.82) is 0 Å². The number of alkyl halides is 3. The molecule has 148 valence electrons. The Morgan fingerprint density at radius 2 is 2.04 bits per heavy atom. The number of halogens is 4. The number of hydrogen-bond donors (Lipinski definition) is 2. The van der Waals surface area contributed by atoms with Crippen LogP contribution in [0.1, 0.15) is 30.5 Å².